The van der Waals surface area contributed by atoms with Crippen LogP contribution in [-0.2, 0) is 11.2 Å². The maximum Gasteiger partial charge on any atom is 0.258 e. The SMILES string of the molecule is CCNc1cc(-c2nc(-c3cc(C)c(OC[C@@H](O)CNC(=O)CO)c(CC)c3)no2)cc(C)n1. The maximum absolute atomic E-state index is 11.1. The van der Waals surface area contributed by atoms with Gasteiger partial charge in [0.05, 0.1) is 0 Å². The number of carbonyl (C=O) groups excluding carboxylic acids is 1. The van der Waals surface area contributed by atoms with Crippen LogP contribution in [0.3, 0.4) is 0 Å². The molecule has 0 aliphatic rings. The molecule has 1 atom stereocenters. The number of rotatable bonds is 11. The van der Waals surface area contributed by atoms with E-state index in [1.165, 1.54) is 0 Å². The summed E-state index contributed by atoms with van der Waals surface area (Å²) in [6.07, 6.45) is -0.211. The molecule has 2 aromatic heterocycles. The number of aromatic nitrogens is 3. The summed E-state index contributed by atoms with van der Waals surface area (Å²) in [5, 5.41) is 28.6. The zero-order valence-electron chi connectivity index (χ0n) is 19.9. The van der Waals surface area contributed by atoms with Gasteiger partial charge >= 0.3 is 0 Å². The lowest BCUT2D eigenvalue weighted by Crippen LogP contribution is -2.36. The number of pyridine rings is 1. The van der Waals surface area contributed by atoms with Crippen molar-refractivity contribution in [1.29, 1.82) is 0 Å². The number of amides is 1. The normalized spacial score (nSPS) is 11.8. The fraction of sp³-hybridized carbons (Fsp3) is 0.417. The van der Waals surface area contributed by atoms with Gasteiger partial charge in [0.1, 0.15) is 30.9 Å². The second-order valence-corrected chi connectivity index (χ2v) is 7.90. The zero-order valence-corrected chi connectivity index (χ0v) is 19.9. The molecule has 0 spiro atoms. The first-order chi connectivity index (χ1) is 16.3. The Labute approximate surface area is 198 Å². The van der Waals surface area contributed by atoms with Crippen molar-refractivity contribution < 1.29 is 24.3 Å². The first-order valence-corrected chi connectivity index (χ1v) is 11.2. The average Bonchev–Trinajstić information content (AvgIpc) is 3.31. The van der Waals surface area contributed by atoms with Gasteiger partial charge in [0.25, 0.3) is 5.89 Å². The summed E-state index contributed by atoms with van der Waals surface area (Å²) in [5.41, 5.74) is 4.22. The van der Waals surface area contributed by atoms with Crippen LogP contribution in [-0.4, -0.2) is 63.7 Å². The van der Waals surface area contributed by atoms with Crippen molar-refractivity contribution in [2.75, 3.05) is 31.6 Å². The van der Waals surface area contributed by atoms with Gasteiger partial charge in [-0.25, -0.2) is 4.98 Å². The highest BCUT2D eigenvalue weighted by molar-refractivity contribution is 5.76. The fourth-order valence-electron chi connectivity index (χ4n) is 3.49. The van der Waals surface area contributed by atoms with Gasteiger partial charge in [-0.1, -0.05) is 12.1 Å². The van der Waals surface area contributed by atoms with E-state index in [0.29, 0.717) is 23.9 Å². The van der Waals surface area contributed by atoms with Crippen LogP contribution in [0.1, 0.15) is 30.7 Å². The van der Waals surface area contributed by atoms with E-state index in [0.717, 1.165) is 40.3 Å². The second kappa shape index (κ2) is 11.6. The minimum atomic E-state index is -0.907. The molecule has 2 heterocycles. The van der Waals surface area contributed by atoms with Gasteiger partial charge in [0, 0.05) is 29.9 Å². The number of aryl methyl sites for hydroxylation is 3. The van der Waals surface area contributed by atoms with E-state index in [-0.39, 0.29) is 13.2 Å². The Hall–Kier alpha value is -3.50. The van der Waals surface area contributed by atoms with Crippen LogP contribution in [0.5, 0.6) is 5.75 Å². The number of hydrogen-bond donors (Lipinski definition) is 4. The summed E-state index contributed by atoms with van der Waals surface area (Å²) in [6, 6.07) is 7.62. The smallest absolute Gasteiger partial charge is 0.258 e. The molecule has 182 valence electrons. The number of anilines is 1. The molecule has 3 aromatic rings. The molecule has 0 saturated heterocycles. The predicted octanol–water partition coefficient (Wildman–Crippen LogP) is 2.26. The summed E-state index contributed by atoms with van der Waals surface area (Å²) in [4.78, 5) is 20.2. The highest BCUT2D eigenvalue weighted by Gasteiger charge is 2.17. The Morgan fingerprint density at radius 2 is 1.94 bits per heavy atom. The van der Waals surface area contributed by atoms with E-state index < -0.39 is 18.6 Å². The summed E-state index contributed by atoms with van der Waals surface area (Å²) in [7, 11) is 0. The Bertz CT molecular complexity index is 1130. The van der Waals surface area contributed by atoms with E-state index in [4.69, 9.17) is 14.4 Å². The predicted molar refractivity (Wildman–Crippen MR) is 128 cm³/mol. The van der Waals surface area contributed by atoms with Gasteiger partial charge in [-0.2, -0.15) is 4.98 Å². The number of ether oxygens (including phenoxy) is 1. The molecular formula is C24H31N5O5. The van der Waals surface area contributed by atoms with Gasteiger partial charge in [-0.3, -0.25) is 4.79 Å². The van der Waals surface area contributed by atoms with Crippen LogP contribution in [0.25, 0.3) is 22.8 Å². The van der Waals surface area contributed by atoms with Crippen LogP contribution in [0.2, 0.25) is 0 Å². The van der Waals surface area contributed by atoms with Crippen LogP contribution < -0.4 is 15.4 Å². The number of aliphatic hydroxyl groups is 2. The van der Waals surface area contributed by atoms with E-state index in [2.05, 4.69) is 25.8 Å². The molecule has 0 unspecified atom stereocenters. The van der Waals surface area contributed by atoms with Crippen molar-refractivity contribution >= 4 is 11.7 Å². The van der Waals surface area contributed by atoms with Gasteiger partial charge < -0.3 is 30.1 Å². The molecule has 0 bridgehead atoms. The number of hydrogen-bond acceptors (Lipinski definition) is 9. The van der Waals surface area contributed by atoms with Crippen molar-refractivity contribution in [3.05, 3.63) is 41.1 Å². The fourth-order valence-corrected chi connectivity index (χ4v) is 3.49. The molecule has 0 aliphatic carbocycles. The molecule has 1 amide bonds. The average molecular weight is 470 g/mol. The first kappa shape index (κ1) is 25.1. The number of aliphatic hydroxyl groups excluding tert-OH is 2. The highest BCUT2D eigenvalue weighted by Crippen LogP contribution is 2.31. The van der Waals surface area contributed by atoms with Crippen LogP contribution >= 0.6 is 0 Å². The topological polar surface area (TPSA) is 143 Å². The van der Waals surface area contributed by atoms with Crippen LogP contribution in [0.4, 0.5) is 5.82 Å². The van der Waals surface area contributed by atoms with Crippen molar-refractivity contribution in [1.82, 2.24) is 20.4 Å². The minimum absolute atomic E-state index is 0.000770. The largest absolute Gasteiger partial charge is 0.490 e. The Kier molecular flexibility index (Phi) is 8.55. The lowest BCUT2D eigenvalue weighted by molar-refractivity contribution is -0.124. The highest BCUT2D eigenvalue weighted by atomic mass is 16.5. The van der Waals surface area contributed by atoms with Gasteiger partial charge in [0.2, 0.25) is 11.7 Å². The molecule has 10 nitrogen and oxygen atoms in total. The van der Waals surface area contributed by atoms with Crippen molar-refractivity contribution in [3.63, 3.8) is 0 Å². The van der Waals surface area contributed by atoms with Crippen LogP contribution in [0, 0.1) is 13.8 Å². The number of carbonyl (C=O) groups is 1. The van der Waals surface area contributed by atoms with Crippen molar-refractivity contribution in [3.8, 4) is 28.6 Å². The summed E-state index contributed by atoms with van der Waals surface area (Å²) in [6.45, 7) is 7.96. The van der Waals surface area contributed by atoms with Gasteiger partial charge in [-0.05, 0) is 62.6 Å². The molecule has 0 aliphatic heterocycles. The number of nitrogens with one attached hydrogen (secondary N) is 2. The maximum atomic E-state index is 11.1. The van der Waals surface area contributed by atoms with Crippen molar-refractivity contribution in [2.45, 2.75) is 40.2 Å². The van der Waals surface area contributed by atoms with Gasteiger partial charge in [0.15, 0.2) is 0 Å². The van der Waals surface area contributed by atoms with E-state index in [1.54, 1.807) is 0 Å². The van der Waals surface area contributed by atoms with E-state index in [9.17, 15) is 9.90 Å². The van der Waals surface area contributed by atoms with E-state index >= 15 is 0 Å². The lowest BCUT2D eigenvalue weighted by atomic mass is 10.0. The molecule has 0 radical (unpaired) electrons. The quantitative estimate of drug-likeness (QED) is 0.332. The summed E-state index contributed by atoms with van der Waals surface area (Å²) in [5.74, 6) is 1.74. The van der Waals surface area contributed by atoms with E-state index in [1.807, 2.05) is 52.0 Å². The first-order valence-electron chi connectivity index (χ1n) is 11.2. The summed E-state index contributed by atoms with van der Waals surface area (Å²) < 4.78 is 11.4. The third-order valence-corrected chi connectivity index (χ3v) is 5.07. The number of benzene rings is 1. The third-order valence-electron chi connectivity index (χ3n) is 5.07. The van der Waals surface area contributed by atoms with Crippen LogP contribution in [0.15, 0.2) is 28.8 Å². The molecule has 4 N–H and O–H groups in total. The minimum Gasteiger partial charge on any atom is -0.490 e. The Balaban J connectivity index is 1.78. The molecule has 1 aromatic carbocycles. The lowest BCUT2D eigenvalue weighted by Gasteiger charge is -2.17. The monoisotopic (exact) mass is 469 g/mol. The molecule has 0 saturated carbocycles. The van der Waals surface area contributed by atoms with Crippen molar-refractivity contribution in [2.24, 2.45) is 0 Å². The molecular weight excluding hydrogens is 438 g/mol. The molecule has 3 rings (SSSR count). The third kappa shape index (κ3) is 6.30. The molecule has 10 heteroatoms. The zero-order chi connectivity index (χ0) is 24.7. The Morgan fingerprint density at radius 1 is 1.15 bits per heavy atom. The number of nitrogens with zero attached hydrogens (tertiary/aromatic N) is 3. The standard InChI is InChI=1S/C24H31N5O5/c1-5-16-9-17(7-14(3)22(16)33-13-19(31)11-26-21(32)12-30)23-28-24(34-29-23)18-8-15(4)27-20(10-18)25-6-2/h7-10,19,30-31H,5-6,11-13H2,1-4H3,(H,25,27)(H,26,32)/t19-/m0/s1. The molecule has 0 fully saturated rings. The summed E-state index contributed by atoms with van der Waals surface area (Å²) >= 11 is 0. The molecule has 34 heavy (non-hydrogen) atoms. The Morgan fingerprint density at radius 3 is 2.65 bits per heavy atom. The second-order valence-electron chi connectivity index (χ2n) is 7.90. The van der Waals surface area contributed by atoms with Gasteiger partial charge in [-0.15, -0.1) is 0 Å².